The molecular formula is C15H18O7. The van der Waals surface area contributed by atoms with Gasteiger partial charge in [0.25, 0.3) is 0 Å². The van der Waals surface area contributed by atoms with Crippen molar-refractivity contribution in [2.24, 2.45) is 17.3 Å². The molecule has 3 aliphatic heterocycles. The fourth-order valence-corrected chi connectivity index (χ4v) is 5.83. The quantitative estimate of drug-likeness (QED) is 0.479. The lowest BCUT2D eigenvalue weighted by Crippen LogP contribution is -2.68. The first kappa shape index (κ1) is 13.3. The molecule has 5 rings (SSSR count). The highest BCUT2D eigenvalue weighted by molar-refractivity contribution is 5.91. The molecule has 0 amide bonds. The number of rotatable bonds is 1. The first-order chi connectivity index (χ1) is 10.1. The van der Waals surface area contributed by atoms with Crippen molar-refractivity contribution in [3.63, 3.8) is 0 Å². The minimum atomic E-state index is -1.47. The van der Waals surface area contributed by atoms with Crippen LogP contribution in [0.15, 0.2) is 0 Å². The van der Waals surface area contributed by atoms with Crippen LogP contribution in [0.25, 0.3) is 0 Å². The van der Waals surface area contributed by atoms with Crippen molar-refractivity contribution in [3.8, 4) is 0 Å². The molecule has 7 heteroatoms. The fourth-order valence-electron chi connectivity index (χ4n) is 5.83. The zero-order chi connectivity index (χ0) is 15.9. The molecule has 2 N–H and O–H groups in total. The SMILES string of the molecule is CC(C)(O)[C@@H]1[C@@H]2OC(=O)[C@H]1[C@]1(O)C[C@H]3O[C@]34C(=O)O[C@H]2C14C. The van der Waals surface area contributed by atoms with Gasteiger partial charge in [0.2, 0.25) is 5.60 Å². The van der Waals surface area contributed by atoms with Crippen LogP contribution in [0, 0.1) is 17.3 Å². The van der Waals surface area contributed by atoms with Gasteiger partial charge in [-0.05, 0) is 20.8 Å². The summed E-state index contributed by atoms with van der Waals surface area (Å²) in [5.74, 6) is -2.51. The second-order valence-electron chi connectivity index (χ2n) is 8.06. The molecule has 22 heavy (non-hydrogen) atoms. The van der Waals surface area contributed by atoms with E-state index in [1.807, 2.05) is 0 Å². The van der Waals surface area contributed by atoms with E-state index < -0.39 is 64.3 Å². The summed E-state index contributed by atoms with van der Waals surface area (Å²) in [7, 11) is 0. The number of carbonyl (C=O) groups excluding carboxylic acids is 2. The molecule has 2 bridgehead atoms. The topological polar surface area (TPSA) is 106 Å². The number of esters is 2. The van der Waals surface area contributed by atoms with Crippen molar-refractivity contribution in [1.29, 1.82) is 0 Å². The minimum Gasteiger partial charge on any atom is -0.458 e. The Labute approximate surface area is 126 Å². The highest BCUT2D eigenvalue weighted by Crippen LogP contribution is 2.77. The number of ether oxygens (including phenoxy) is 3. The van der Waals surface area contributed by atoms with Crippen LogP contribution in [0.1, 0.15) is 27.2 Å². The van der Waals surface area contributed by atoms with Gasteiger partial charge in [0.05, 0.1) is 22.5 Å². The molecule has 3 heterocycles. The Morgan fingerprint density at radius 1 is 1.27 bits per heavy atom. The average Bonchev–Trinajstić information content (AvgIpc) is 2.85. The Kier molecular flexibility index (Phi) is 1.85. The van der Waals surface area contributed by atoms with Crippen LogP contribution in [0.3, 0.4) is 0 Å². The van der Waals surface area contributed by atoms with Gasteiger partial charge in [-0.15, -0.1) is 0 Å². The van der Waals surface area contributed by atoms with E-state index in [-0.39, 0.29) is 6.42 Å². The number of hydrogen-bond donors (Lipinski definition) is 2. The number of aliphatic hydroxyl groups is 2. The Morgan fingerprint density at radius 2 is 1.95 bits per heavy atom. The van der Waals surface area contributed by atoms with Crippen LogP contribution in [0.4, 0.5) is 0 Å². The molecule has 2 aliphatic carbocycles. The largest absolute Gasteiger partial charge is 0.458 e. The molecule has 2 saturated carbocycles. The Hall–Kier alpha value is -1.18. The van der Waals surface area contributed by atoms with Gasteiger partial charge in [0.1, 0.15) is 12.2 Å². The van der Waals surface area contributed by atoms with Gasteiger partial charge in [-0.2, -0.15) is 0 Å². The molecular weight excluding hydrogens is 292 g/mol. The molecule has 3 saturated heterocycles. The van der Waals surface area contributed by atoms with E-state index in [0.717, 1.165) is 0 Å². The molecule has 5 fully saturated rings. The lowest BCUT2D eigenvalue weighted by atomic mass is 9.52. The van der Waals surface area contributed by atoms with Crippen molar-refractivity contribution in [2.45, 2.75) is 62.3 Å². The van der Waals surface area contributed by atoms with E-state index in [1.54, 1.807) is 20.8 Å². The maximum absolute atomic E-state index is 12.4. The summed E-state index contributed by atoms with van der Waals surface area (Å²) in [6, 6.07) is 0. The number of epoxide rings is 1. The van der Waals surface area contributed by atoms with Crippen LogP contribution >= 0.6 is 0 Å². The van der Waals surface area contributed by atoms with Crippen LogP contribution in [0.2, 0.25) is 0 Å². The normalized spacial score (nSPS) is 60.7. The van der Waals surface area contributed by atoms with E-state index in [9.17, 15) is 19.8 Å². The summed E-state index contributed by atoms with van der Waals surface area (Å²) in [5, 5.41) is 21.9. The lowest BCUT2D eigenvalue weighted by molar-refractivity contribution is -0.223. The first-order valence-corrected chi connectivity index (χ1v) is 7.63. The number of fused-ring (bicyclic) bond motifs is 4. The molecule has 0 aromatic carbocycles. The summed E-state index contributed by atoms with van der Waals surface area (Å²) in [4.78, 5) is 24.8. The summed E-state index contributed by atoms with van der Waals surface area (Å²) >= 11 is 0. The second-order valence-corrected chi connectivity index (χ2v) is 8.06. The zero-order valence-electron chi connectivity index (χ0n) is 12.5. The van der Waals surface area contributed by atoms with Crippen LogP contribution in [-0.2, 0) is 23.8 Å². The molecule has 7 nitrogen and oxygen atoms in total. The lowest BCUT2D eigenvalue weighted by Gasteiger charge is -2.53. The zero-order valence-corrected chi connectivity index (χ0v) is 12.5. The third kappa shape index (κ3) is 0.962. The predicted molar refractivity (Wildman–Crippen MR) is 68.3 cm³/mol. The van der Waals surface area contributed by atoms with Crippen molar-refractivity contribution in [2.75, 3.05) is 0 Å². The second kappa shape index (κ2) is 3.07. The van der Waals surface area contributed by atoms with Gasteiger partial charge < -0.3 is 24.4 Å². The van der Waals surface area contributed by atoms with Gasteiger partial charge in [-0.3, -0.25) is 4.79 Å². The van der Waals surface area contributed by atoms with E-state index in [4.69, 9.17) is 14.2 Å². The molecule has 0 radical (unpaired) electrons. The number of carbonyl (C=O) groups is 2. The third-order valence-electron chi connectivity index (χ3n) is 6.85. The van der Waals surface area contributed by atoms with Gasteiger partial charge in [0.15, 0.2) is 6.10 Å². The maximum atomic E-state index is 12.4. The molecule has 1 unspecified atom stereocenters. The van der Waals surface area contributed by atoms with Gasteiger partial charge in [-0.1, -0.05) is 0 Å². The smallest absolute Gasteiger partial charge is 0.342 e. The van der Waals surface area contributed by atoms with Crippen LogP contribution in [0.5, 0.6) is 0 Å². The fraction of sp³-hybridized carbons (Fsp3) is 0.867. The molecule has 0 aromatic heterocycles. The van der Waals surface area contributed by atoms with E-state index in [0.29, 0.717) is 0 Å². The Bertz CT molecular complexity index is 638. The molecule has 120 valence electrons. The monoisotopic (exact) mass is 310 g/mol. The summed E-state index contributed by atoms with van der Waals surface area (Å²) in [5.41, 5.74) is -4.89. The van der Waals surface area contributed by atoms with Crippen LogP contribution < -0.4 is 0 Å². The summed E-state index contributed by atoms with van der Waals surface area (Å²) in [6.45, 7) is 4.92. The highest BCUT2D eigenvalue weighted by Gasteiger charge is 2.95. The molecule has 0 aromatic rings. The van der Waals surface area contributed by atoms with E-state index in [2.05, 4.69) is 0 Å². The molecule has 8 atom stereocenters. The van der Waals surface area contributed by atoms with Gasteiger partial charge in [-0.25, -0.2) is 4.79 Å². The van der Waals surface area contributed by atoms with Gasteiger partial charge in [0, 0.05) is 12.3 Å². The number of hydrogen-bond acceptors (Lipinski definition) is 7. The van der Waals surface area contributed by atoms with Crippen molar-refractivity contribution in [3.05, 3.63) is 0 Å². The third-order valence-corrected chi connectivity index (χ3v) is 6.85. The Balaban J connectivity index is 1.76. The van der Waals surface area contributed by atoms with E-state index >= 15 is 0 Å². The summed E-state index contributed by atoms with van der Waals surface area (Å²) < 4.78 is 16.5. The van der Waals surface area contributed by atoms with Crippen molar-refractivity contribution in [1.82, 2.24) is 0 Å². The van der Waals surface area contributed by atoms with Crippen LogP contribution in [-0.4, -0.2) is 57.3 Å². The van der Waals surface area contributed by atoms with Gasteiger partial charge >= 0.3 is 11.9 Å². The minimum absolute atomic E-state index is 0.189. The molecule has 1 spiro atoms. The molecule has 5 aliphatic rings. The van der Waals surface area contributed by atoms with Crippen molar-refractivity contribution < 1.29 is 34.0 Å². The summed E-state index contributed by atoms with van der Waals surface area (Å²) in [6.07, 6.45) is -1.78. The maximum Gasteiger partial charge on any atom is 0.342 e. The predicted octanol–water partition coefficient (Wildman–Crippen LogP) is -0.867. The first-order valence-electron chi connectivity index (χ1n) is 7.63. The Morgan fingerprint density at radius 3 is 2.59 bits per heavy atom. The standard InChI is InChI=1S/C15H18O7/c1-12(2,18)6-7-10(16)20-8(6)9-13(3)14(7,19)4-5-15(13,22-5)11(17)21-9/h5-9,18-19H,4H2,1-3H3/t5-,6+,7+,8+,9-,13?,14-,15+/m1/s1. The van der Waals surface area contributed by atoms with E-state index in [1.165, 1.54) is 0 Å². The average molecular weight is 310 g/mol. The highest BCUT2D eigenvalue weighted by atomic mass is 16.7. The van der Waals surface area contributed by atoms with Crippen molar-refractivity contribution >= 4 is 11.9 Å².